The predicted octanol–water partition coefficient (Wildman–Crippen LogP) is 0.909. The average molecular weight is 352 g/mol. The number of aromatic nitrogens is 4. The van der Waals surface area contributed by atoms with Crippen molar-refractivity contribution in [3.63, 3.8) is 0 Å². The van der Waals surface area contributed by atoms with Crippen molar-refractivity contribution in [3.05, 3.63) is 52.6 Å². The predicted molar refractivity (Wildman–Crippen MR) is 97.0 cm³/mol. The number of H-pyrrole nitrogens is 1. The maximum Gasteiger partial charge on any atom is 0.288 e. The zero-order valence-electron chi connectivity index (χ0n) is 14.5. The second-order valence-corrected chi connectivity index (χ2v) is 6.41. The SMILES string of the molecule is CCN1CCC(NC(=O)c2nc3nc(-c4ccccc4)cc(=O)n3[nH]2)C1. The fourth-order valence-corrected chi connectivity index (χ4v) is 3.23. The first-order chi connectivity index (χ1) is 12.6. The highest BCUT2D eigenvalue weighted by Crippen LogP contribution is 2.15. The average Bonchev–Trinajstić information content (AvgIpc) is 3.29. The van der Waals surface area contributed by atoms with Gasteiger partial charge in [-0.05, 0) is 13.0 Å². The molecule has 0 spiro atoms. The fourth-order valence-electron chi connectivity index (χ4n) is 3.23. The van der Waals surface area contributed by atoms with E-state index in [1.807, 2.05) is 30.3 Å². The summed E-state index contributed by atoms with van der Waals surface area (Å²) >= 11 is 0. The zero-order chi connectivity index (χ0) is 18.1. The molecule has 26 heavy (non-hydrogen) atoms. The maximum atomic E-state index is 12.5. The molecular formula is C18H20N6O2. The summed E-state index contributed by atoms with van der Waals surface area (Å²) in [6.07, 6.45) is 0.913. The molecule has 0 aliphatic carbocycles. The van der Waals surface area contributed by atoms with Gasteiger partial charge in [0.25, 0.3) is 17.2 Å². The molecule has 0 saturated carbocycles. The van der Waals surface area contributed by atoms with E-state index >= 15 is 0 Å². The molecule has 1 unspecified atom stereocenters. The van der Waals surface area contributed by atoms with E-state index in [4.69, 9.17) is 0 Å². The molecule has 0 bridgehead atoms. The number of amides is 1. The summed E-state index contributed by atoms with van der Waals surface area (Å²) in [5.74, 6) is -0.0445. The zero-order valence-corrected chi connectivity index (χ0v) is 14.5. The van der Waals surface area contributed by atoms with Gasteiger partial charge in [0.05, 0.1) is 5.69 Å². The van der Waals surface area contributed by atoms with Crippen LogP contribution in [-0.2, 0) is 0 Å². The van der Waals surface area contributed by atoms with Crippen molar-refractivity contribution >= 4 is 11.7 Å². The Morgan fingerprint density at radius 2 is 2.12 bits per heavy atom. The number of benzene rings is 1. The van der Waals surface area contributed by atoms with E-state index in [1.54, 1.807) is 0 Å². The molecule has 8 nitrogen and oxygen atoms in total. The molecule has 1 aliphatic heterocycles. The van der Waals surface area contributed by atoms with Gasteiger partial charge in [0.1, 0.15) is 0 Å². The van der Waals surface area contributed by atoms with Crippen molar-refractivity contribution in [2.45, 2.75) is 19.4 Å². The molecule has 1 fully saturated rings. The smallest absolute Gasteiger partial charge is 0.288 e. The van der Waals surface area contributed by atoms with Gasteiger partial charge in [0.15, 0.2) is 0 Å². The molecule has 1 saturated heterocycles. The third-order valence-corrected chi connectivity index (χ3v) is 4.67. The molecule has 1 atom stereocenters. The Hall–Kier alpha value is -3.00. The van der Waals surface area contributed by atoms with Crippen LogP contribution in [0.25, 0.3) is 17.0 Å². The summed E-state index contributed by atoms with van der Waals surface area (Å²) in [4.78, 5) is 35.7. The summed E-state index contributed by atoms with van der Waals surface area (Å²) < 4.78 is 1.19. The van der Waals surface area contributed by atoms with Crippen LogP contribution in [-0.4, -0.2) is 56.1 Å². The van der Waals surface area contributed by atoms with Crippen molar-refractivity contribution in [2.24, 2.45) is 0 Å². The monoisotopic (exact) mass is 352 g/mol. The first kappa shape index (κ1) is 16.5. The van der Waals surface area contributed by atoms with Crippen LogP contribution in [0.5, 0.6) is 0 Å². The van der Waals surface area contributed by atoms with Crippen molar-refractivity contribution < 1.29 is 4.79 Å². The number of nitrogens with one attached hydrogen (secondary N) is 2. The minimum atomic E-state index is -0.320. The number of nitrogens with zero attached hydrogens (tertiary/aromatic N) is 4. The number of carbonyl (C=O) groups excluding carboxylic acids is 1. The highest BCUT2D eigenvalue weighted by Gasteiger charge is 2.24. The summed E-state index contributed by atoms with van der Waals surface area (Å²) in [6.45, 7) is 4.88. The summed E-state index contributed by atoms with van der Waals surface area (Å²) in [7, 11) is 0. The number of fused-ring (bicyclic) bond motifs is 1. The Bertz CT molecular complexity index is 994. The Balaban J connectivity index is 1.60. The third-order valence-electron chi connectivity index (χ3n) is 4.67. The second-order valence-electron chi connectivity index (χ2n) is 6.41. The number of carbonyl (C=O) groups is 1. The van der Waals surface area contributed by atoms with Gasteiger partial charge in [0, 0.05) is 30.8 Å². The van der Waals surface area contributed by atoms with Gasteiger partial charge < -0.3 is 10.2 Å². The Morgan fingerprint density at radius 1 is 1.31 bits per heavy atom. The van der Waals surface area contributed by atoms with E-state index in [0.717, 1.165) is 31.6 Å². The van der Waals surface area contributed by atoms with E-state index in [2.05, 4.69) is 32.2 Å². The van der Waals surface area contributed by atoms with Gasteiger partial charge in [0.2, 0.25) is 5.82 Å². The van der Waals surface area contributed by atoms with Gasteiger partial charge in [-0.1, -0.05) is 37.3 Å². The lowest BCUT2D eigenvalue weighted by molar-refractivity contribution is 0.0927. The molecular weight excluding hydrogens is 332 g/mol. The summed E-state index contributed by atoms with van der Waals surface area (Å²) in [5.41, 5.74) is 1.05. The van der Waals surface area contributed by atoms with Crippen molar-refractivity contribution in [1.29, 1.82) is 0 Å². The molecule has 3 aromatic rings. The van der Waals surface area contributed by atoms with E-state index in [9.17, 15) is 9.59 Å². The molecule has 4 rings (SSSR count). The highest BCUT2D eigenvalue weighted by molar-refractivity contribution is 5.91. The lowest BCUT2D eigenvalue weighted by atomic mass is 10.1. The van der Waals surface area contributed by atoms with Crippen LogP contribution in [0.2, 0.25) is 0 Å². The van der Waals surface area contributed by atoms with Crippen molar-refractivity contribution in [3.8, 4) is 11.3 Å². The Morgan fingerprint density at radius 3 is 2.85 bits per heavy atom. The van der Waals surface area contributed by atoms with Crippen LogP contribution in [0, 0.1) is 0 Å². The molecule has 2 N–H and O–H groups in total. The fraction of sp³-hybridized carbons (Fsp3) is 0.333. The quantitative estimate of drug-likeness (QED) is 0.728. The third kappa shape index (κ3) is 3.11. The minimum Gasteiger partial charge on any atom is -0.345 e. The molecule has 134 valence electrons. The molecule has 2 aromatic heterocycles. The Kier molecular flexibility index (Phi) is 4.26. The van der Waals surface area contributed by atoms with Crippen LogP contribution in [0.1, 0.15) is 24.0 Å². The number of hydrogen-bond acceptors (Lipinski definition) is 5. The van der Waals surface area contributed by atoms with Crippen LogP contribution in [0.3, 0.4) is 0 Å². The van der Waals surface area contributed by atoms with Gasteiger partial charge in [-0.3, -0.25) is 14.7 Å². The van der Waals surface area contributed by atoms with Gasteiger partial charge in [-0.15, -0.1) is 0 Å². The molecule has 3 heterocycles. The van der Waals surface area contributed by atoms with Crippen LogP contribution in [0.4, 0.5) is 0 Å². The van der Waals surface area contributed by atoms with Crippen LogP contribution in [0.15, 0.2) is 41.2 Å². The molecule has 0 radical (unpaired) electrons. The number of likely N-dealkylation sites (tertiary alicyclic amines) is 1. The van der Waals surface area contributed by atoms with Crippen molar-refractivity contribution in [1.82, 2.24) is 29.8 Å². The molecule has 1 amide bonds. The van der Waals surface area contributed by atoms with Gasteiger partial charge >= 0.3 is 0 Å². The minimum absolute atomic E-state index is 0.0924. The van der Waals surface area contributed by atoms with E-state index < -0.39 is 0 Å². The lowest BCUT2D eigenvalue weighted by Crippen LogP contribution is -2.37. The second kappa shape index (κ2) is 6.72. The first-order valence-corrected chi connectivity index (χ1v) is 8.72. The number of rotatable bonds is 4. The summed E-state index contributed by atoms with van der Waals surface area (Å²) in [6, 6.07) is 10.9. The van der Waals surface area contributed by atoms with Gasteiger partial charge in [-0.2, -0.15) is 9.50 Å². The van der Waals surface area contributed by atoms with Crippen molar-refractivity contribution in [2.75, 3.05) is 19.6 Å². The first-order valence-electron chi connectivity index (χ1n) is 8.72. The highest BCUT2D eigenvalue weighted by atomic mass is 16.2. The Labute approximate surface area is 149 Å². The topological polar surface area (TPSA) is 95.4 Å². The molecule has 1 aliphatic rings. The van der Waals surface area contributed by atoms with Crippen LogP contribution >= 0.6 is 0 Å². The molecule has 8 heteroatoms. The molecule has 1 aromatic carbocycles. The standard InChI is InChI=1S/C18H20N6O2/c1-2-23-9-8-13(11-23)19-17(26)16-21-18-20-14(10-15(25)24(18)22-16)12-6-4-3-5-7-12/h3-7,10,13H,2,8-9,11H2,1H3,(H,19,26)(H,20,21,22). The van der Waals surface area contributed by atoms with E-state index in [-0.39, 0.29) is 29.1 Å². The van der Waals surface area contributed by atoms with Crippen LogP contribution < -0.4 is 10.9 Å². The van der Waals surface area contributed by atoms with E-state index in [1.165, 1.54) is 10.6 Å². The normalized spacial score (nSPS) is 17.7. The maximum absolute atomic E-state index is 12.5. The van der Waals surface area contributed by atoms with Gasteiger partial charge in [-0.25, -0.2) is 4.98 Å². The summed E-state index contributed by atoms with van der Waals surface area (Å²) in [5, 5.41) is 5.72. The number of aromatic amines is 1. The van der Waals surface area contributed by atoms with E-state index in [0.29, 0.717) is 5.69 Å². The largest absolute Gasteiger partial charge is 0.345 e. The lowest BCUT2D eigenvalue weighted by Gasteiger charge is -2.13. The number of hydrogen-bond donors (Lipinski definition) is 2. The number of likely N-dealkylation sites (N-methyl/N-ethyl adjacent to an activating group) is 1.